The standard InChI is InChI=1S/C9H10FNO/c1-2-3-7-12-8-5-4-6-11-9(8)10/h2-6H,7H2,1H3. The van der Waals surface area contributed by atoms with E-state index in [1.54, 1.807) is 18.2 Å². The maximum atomic E-state index is 12.8. The van der Waals surface area contributed by atoms with E-state index in [0.29, 0.717) is 6.61 Å². The zero-order valence-electron chi connectivity index (χ0n) is 6.83. The number of allylic oxidation sites excluding steroid dienone is 1. The summed E-state index contributed by atoms with van der Waals surface area (Å²) in [6.07, 6.45) is 5.03. The lowest BCUT2D eigenvalue weighted by Gasteiger charge is -2.01. The minimum atomic E-state index is -0.568. The van der Waals surface area contributed by atoms with E-state index in [1.165, 1.54) is 6.20 Å². The second-order valence-electron chi connectivity index (χ2n) is 2.17. The third-order valence-corrected chi connectivity index (χ3v) is 1.30. The van der Waals surface area contributed by atoms with Crippen LogP contribution >= 0.6 is 0 Å². The predicted molar refractivity (Wildman–Crippen MR) is 44.5 cm³/mol. The van der Waals surface area contributed by atoms with Crippen molar-refractivity contribution in [1.29, 1.82) is 0 Å². The van der Waals surface area contributed by atoms with Gasteiger partial charge in [0, 0.05) is 6.20 Å². The third kappa shape index (κ3) is 2.34. The van der Waals surface area contributed by atoms with E-state index in [4.69, 9.17) is 4.74 Å². The van der Waals surface area contributed by atoms with Crippen LogP contribution < -0.4 is 4.74 Å². The van der Waals surface area contributed by atoms with Crippen LogP contribution in [0, 0.1) is 5.95 Å². The summed E-state index contributed by atoms with van der Waals surface area (Å²) in [7, 11) is 0. The van der Waals surface area contributed by atoms with E-state index < -0.39 is 5.95 Å². The Balaban J connectivity index is 2.57. The summed E-state index contributed by atoms with van der Waals surface area (Å²) in [5.74, 6) is -0.377. The first-order valence-electron chi connectivity index (χ1n) is 3.69. The topological polar surface area (TPSA) is 22.1 Å². The number of pyridine rings is 1. The zero-order valence-corrected chi connectivity index (χ0v) is 6.83. The predicted octanol–water partition coefficient (Wildman–Crippen LogP) is 2.18. The van der Waals surface area contributed by atoms with Gasteiger partial charge in [0.15, 0.2) is 5.75 Å². The van der Waals surface area contributed by atoms with Crippen LogP contribution in [0.2, 0.25) is 0 Å². The Kier molecular flexibility index (Phi) is 3.26. The molecular formula is C9H10FNO. The molecule has 0 N–H and O–H groups in total. The highest BCUT2D eigenvalue weighted by Crippen LogP contribution is 2.12. The van der Waals surface area contributed by atoms with Crippen LogP contribution in [0.5, 0.6) is 5.75 Å². The summed E-state index contributed by atoms with van der Waals surface area (Å²) in [6.45, 7) is 2.25. The Labute approximate surface area is 70.7 Å². The Morgan fingerprint density at radius 3 is 3.17 bits per heavy atom. The van der Waals surface area contributed by atoms with E-state index in [2.05, 4.69) is 4.98 Å². The van der Waals surface area contributed by atoms with E-state index in [-0.39, 0.29) is 5.75 Å². The molecule has 0 aliphatic heterocycles. The maximum Gasteiger partial charge on any atom is 0.255 e. The Morgan fingerprint density at radius 1 is 1.67 bits per heavy atom. The fourth-order valence-corrected chi connectivity index (χ4v) is 0.713. The molecule has 1 rings (SSSR count). The van der Waals surface area contributed by atoms with Crippen LogP contribution in [-0.2, 0) is 0 Å². The first-order chi connectivity index (χ1) is 5.84. The average Bonchev–Trinajstić information content (AvgIpc) is 2.09. The van der Waals surface area contributed by atoms with Crippen molar-refractivity contribution in [1.82, 2.24) is 4.98 Å². The smallest absolute Gasteiger partial charge is 0.255 e. The summed E-state index contributed by atoms with van der Waals surface area (Å²) in [5, 5.41) is 0. The van der Waals surface area contributed by atoms with Crippen LogP contribution in [0.3, 0.4) is 0 Å². The molecule has 1 heterocycles. The fourth-order valence-electron chi connectivity index (χ4n) is 0.713. The molecule has 0 bridgehead atoms. The van der Waals surface area contributed by atoms with Gasteiger partial charge in [-0.3, -0.25) is 0 Å². The summed E-state index contributed by atoms with van der Waals surface area (Å²) >= 11 is 0. The van der Waals surface area contributed by atoms with Crippen LogP contribution in [-0.4, -0.2) is 11.6 Å². The molecule has 0 saturated heterocycles. The van der Waals surface area contributed by atoms with Gasteiger partial charge in [-0.05, 0) is 19.1 Å². The lowest BCUT2D eigenvalue weighted by atomic mass is 10.4. The van der Waals surface area contributed by atoms with E-state index >= 15 is 0 Å². The van der Waals surface area contributed by atoms with Crippen molar-refractivity contribution in [2.45, 2.75) is 6.92 Å². The molecule has 1 aromatic rings. The third-order valence-electron chi connectivity index (χ3n) is 1.30. The molecule has 2 nitrogen and oxygen atoms in total. The number of rotatable bonds is 3. The van der Waals surface area contributed by atoms with Gasteiger partial charge in [0.1, 0.15) is 6.61 Å². The number of halogens is 1. The van der Waals surface area contributed by atoms with Gasteiger partial charge in [-0.2, -0.15) is 4.39 Å². The van der Waals surface area contributed by atoms with Crippen LogP contribution in [0.15, 0.2) is 30.5 Å². The van der Waals surface area contributed by atoms with Gasteiger partial charge < -0.3 is 4.74 Å². The highest BCUT2D eigenvalue weighted by molar-refractivity contribution is 5.17. The second-order valence-corrected chi connectivity index (χ2v) is 2.17. The van der Waals surface area contributed by atoms with E-state index in [1.807, 2.05) is 13.0 Å². The molecule has 0 aliphatic carbocycles. The van der Waals surface area contributed by atoms with Gasteiger partial charge in [0.25, 0.3) is 5.95 Å². The average molecular weight is 167 g/mol. The quantitative estimate of drug-likeness (QED) is 0.508. The number of ether oxygens (including phenoxy) is 1. The molecule has 0 radical (unpaired) electrons. The fraction of sp³-hybridized carbons (Fsp3) is 0.222. The van der Waals surface area contributed by atoms with Crippen LogP contribution in [0.1, 0.15) is 6.92 Å². The molecule has 0 fully saturated rings. The highest BCUT2D eigenvalue weighted by Gasteiger charge is 2.00. The van der Waals surface area contributed by atoms with Gasteiger partial charge in [0.2, 0.25) is 0 Å². The normalized spacial score (nSPS) is 10.5. The monoisotopic (exact) mass is 167 g/mol. The molecule has 0 unspecified atom stereocenters. The zero-order chi connectivity index (χ0) is 8.81. The van der Waals surface area contributed by atoms with Gasteiger partial charge in [-0.1, -0.05) is 12.2 Å². The molecule has 0 spiro atoms. The number of hydrogen-bond donors (Lipinski definition) is 0. The minimum Gasteiger partial charge on any atom is -0.485 e. The van der Waals surface area contributed by atoms with Gasteiger partial charge in [-0.25, -0.2) is 4.98 Å². The summed E-state index contributed by atoms with van der Waals surface area (Å²) in [5.41, 5.74) is 0. The number of nitrogens with zero attached hydrogens (tertiary/aromatic N) is 1. The number of hydrogen-bond acceptors (Lipinski definition) is 2. The molecule has 0 atom stereocenters. The molecule has 0 aliphatic rings. The molecule has 0 amide bonds. The van der Waals surface area contributed by atoms with Crippen molar-refractivity contribution in [2.75, 3.05) is 6.61 Å². The summed E-state index contributed by atoms with van der Waals surface area (Å²) < 4.78 is 17.8. The summed E-state index contributed by atoms with van der Waals surface area (Å²) in [6, 6.07) is 3.18. The van der Waals surface area contributed by atoms with Crippen molar-refractivity contribution in [3.8, 4) is 5.75 Å². The molecule has 3 heteroatoms. The van der Waals surface area contributed by atoms with Crippen molar-refractivity contribution < 1.29 is 9.13 Å². The molecule has 64 valence electrons. The Hall–Kier alpha value is -1.38. The lowest BCUT2D eigenvalue weighted by molar-refractivity contribution is 0.335. The van der Waals surface area contributed by atoms with Gasteiger partial charge in [-0.15, -0.1) is 0 Å². The van der Waals surface area contributed by atoms with Gasteiger partial charge in [0.05, 0.1) is 0 Å². The first kappa shape index (κ1) is 8.71. The lowest BCUT2D eigenvalue weighted by Crippen LogP contribution is -1.96. The molecule has 12 heavy (non-hydrogen) atoms. The molecule has 0 saturated carbocycles. The van der Waals surface area contributed by atoms with Crippen molar-refractivity contribution >= 4 is 0 Å². The highest BCUT2D eigenvalue weighted by atomic mass is 19.1. The van der Waals surface area contributed by atoms with E-state index in [0.717, 1.165) is 0 Å². The second kappa shape index (κ2) is 4.49. The van der Waals surface area contributed by atoms with Crippen molar-refractivity contribution in [2.24, 2.45) is 0 Å². The molecule has 0 aromatic carbocycles. The van der Waals surface area contributed by atoms with Crippen LogP contribution in [0.4, 0.5) is 4.39 Å². The molecular weight excluding hydrogens is 157 g/mol. The largest absolute Gasteiger partial charge is 0.485 e. The van der Waals surface area contributed by atoms with Crippen LogP contribution in [0.25, 0.3) is 0 Å². The molecule has 1 aromatic heterocycles. The Morgan fingerprint density at radius 2 is 2.50 bits per heavy atom. The van der Waals surface area contributed by atoms with Crippen molar-refractivity contribution in [3.63, 3.8) is 0 Å². The Bertz CT molecular complexity index is 273. The minimum absolute atomic E-state index is 0.190. The first-order valence-corrected chi connectivity index (χ1v) is 3.69. The number of aromatic nitrogens is 1. The maximum absolute atomic E-state index is 12.8. The van der Waals surface area contributed by atoms with Gasteiger partial charge >= 0.3 is 0 Å². The summed E-state index contributed by atoms with van der Waals surface area (Å²) in [4.78, 5) is 3.44. The van der Waals surface area contributed by atoms with E-state index in [9.17, 15) is 4.39 Å². The van der Waals surface area contributed by atoms with Crippen molar-refractivity contribution in [3.05, 3.63) is 36.4 Å². The SMILES string of the molecule is CC=CCOc1cccnc1F.